The number of hydrogen-bond donors (Lipinski definition) is 2. The predicted molar refractivity (Wildman–Crippen MR) is 80.7 cm³/mol. The van der Waals surface area contributed by atoms with Crippen molar-refractivity contribution in [2.24, 2.45) is 0 Å². The van der Waals surface area contributed by atoms with Gasteiger partial charge in [-0.05, 0) is 37.1 Å². The second-order valence-electron chi connectivity index (χ2n) is 5.23. The van der Waals surface area contributed by atoms with Gasteiger partial charge in [-0.2, -0.15) is 0 Å². The Balaban J connectivity index is 1.94. The van der Waals surface area contributed by atoms with Crippen LogP contribution in [0.25, 0.3) is 0 Å². The molecule has 5 heteroatoms. The van der Waals surface area contributed by atoms with Gasteiger partial charge in [-0.25, -0.2) is 0 Å². The van der Waals surface area contributed by atoms with Crippen LogP contribution < -0.4 is 11.1 Å². The molecular weight excluding hydrogens is 254 g/mol. The fraction of sp³-hybridized carbons (Fsp3) is 0.533. The van der Waals surface area contributed by atoms with E-state index in [0.29, 0.717) is 31.5 Å². The second kappa shape index (κ2) is 6.72. The van der Waals surface area contributed by atoms with Crippen molar-refractivity contribution in [1.82, 2.24) is 4.90 Å². The fourth-order valence-corrected chi connectivity index (χ4v) is 2.47. The van der Waals surface area contributed by atoms with Crippen LogP contribution in [0.4, 0.5) is 11.4 Å². The summed E-state index contributed by atoms with van der Waals surface area (Å²) in [4.78, 5) is 14.3. The lowest BCUT2D eigenvalue weighted by Gasteiger charge is -2.34. The zero-order valence-electron chi connectivity index (χ0n) is 12.2. The van der Waals surface area contributed by atoms with Gasteiger partial charge in [0.05, 0.1) is 19.8 Å². The normalized spacial score (nSPS) is 19.8. The molecule has 1 aromatic rings. The molecule has 1 saturated heterocycles. The van der Waals surface area contributed by atoms with Crippen LogP contribution in [0.1, 0.15) is 18.9 Å². The zero-order valence-corrected chi connectivity index (χ0v) is 12.2. The summed E-state index contributed by atoms with van der Waals surface area (Å²) in [6, 6.07) is 5.84. The van der Waals surface area contributed by atoms with Crippen LogP contribution in [0.3, 0.4) is 0 Å². The number of aryl methyl sites for hydroxylation is 1. The van der Waals surface area contributed by atoms with E-state index in [2.05, 4.69) is 17.1 Å². The molecule has 2 rings (SSSR count). The monoisotopic (exact) mass is 277 g/mol. The van der Waals surface area contributed by atoms with Gasteiger partial charge >= 0.3 is 0 Å². The molecule has 0 aliphatic carbocycles. The first-order valence-electron chi connectivity index (χ1n) is 7.08. The molecule has 20 heavy (non-hydrogen) atoms. The molecule has 1 amide bonds. The molecule has 0 saturated carbocycles. The molecule has 0 spiro atoms. The molecule has 5 nitrogen and oxygen atoms in total. The highest BCUT2D eigenvalue weighted by Gasteiger charge is 2.23. The van der Waals surface area contributed by atoms with Gasteiger partial charge in [-0.15, -0.1) is 0 Å². The number of benzene rings is 1. The number of ether oxygens (including phenoxy) is 1. The molecule has 1 unspecified atom stereocenters. The predicted octanol–water partition coefficient (Wildman–Crippen LogP) is 1.63. The Kier molecular flexibility index (Phi) is 4.98. The number of anilines is 2. The highest BCUT2D eigenvalue weighted by atomic mass is 16.5. The van der Waals surface area contributed by atoms with Crippen LogP contribution in [-0.4, -0.2) is 43.2 Å². The summed E-state index contributed by atoms with van der Waals surface area (Å²) in [6.45, 7) is 6.69. The van der Waals surface area contributed by atoms with E-state index in [4.69, 9.17) is 10.5 Å². The average molecular weight is 277 g/mol. The van der Waals surface area contributed by atoms with Crippen molar-refractivity contribution >= 4 is 17.3 Å². The second-order valence-corrected chi connectivity index (χ2v) is 5.23. The smallest absolute Gasteiger partial charge is 0.238 e. The van der Waals surface area contributed by atoms with Gasteiger partial charge in [-0.3, -0.25) is 9.69 Å². The van der Waals surface area contributed by atoms with Gasteiger partial charge in [0.15, 0.2) is 0 Å². The number of rotatable bonds is 4. The maximum Gasteiger partial charge on any atom is 0.238 e. The van der Waals surface area contributed by atoms with Crippen LogP contribution in [0.15, 0.2) is 18.2 Å². The number of carbonyl (C=O) groups is 1. The van der Waals surface area contributed by atoms with Crippen LogP contribution in [0, 0.1) is 6.92 Å². The van der Waals surface area contributed by atoms with E-state index in [1.165, 1.54) is 0 Å². The highest BCUT2D eigenvalue weighted by molar-refractivity contribution is 5.93. The molecule has 1 fully saturated rings. The Labute approximate surface area is 120 Å². The van der Waals surface area contributed by atoms with E-state index >= 15 is 0 Å². The lowest BCUT2D eigenvalue weighted by atomic mass is 10.1. The minimum Gasteiger partial charge on any atom is -0.399 e. The largest absolute Gasteiger partial charge is 0.399 e. The zero-order chi connectivity index (χ0) is 14.5. The van der Waals surface area contributed by atoms with Crippen LogP contribution in [0.5, 0.6) is 0 Å². The van der Waals surface area contributed by atoms with Gasteiger partial charge < -0.3 is 15.8 Å². The lowest BCUT2D eigenvalue weighted by Crippen LogP contribution is -2.48. The summed E-state index contributed by atoms with van der Waals surface area (Å²) in [6.07, 6.45) is 0.994. The van der Waals surface area contributed by atoms with Crippen molar-refractivity contribution in [1.29, 1.82) is 0 Å². The molecule has 1 aliphatic heterocycles. The molecular formula is C15H23N3O2. The minimum absolute atomic E-state index is 0.0122. The van der Waals surface area contributed by atoms with Crippen molar-refractivity contribution in [3.8, 4) is 0 Å². The third kappa shape index (κ3) is 3.71. The van der Waals surface area contributed by atoms with E-state index < -0.39 is 0 Å². The molecule has 1 heterocycles. The van der Waals surface area contributed by atoms with Gasteiger partial charge in [0.25, 0.3) is 0 Å². The van der Waals surface area contributed by atoms with Crippen LogP contribution >= 0.6 is 0 Å². The van der Waals surface area contributed by atoms with Gasteiger partial charge in [0.2, 0.25) is 5.91 Å². The van der Waals surface area contributed by atoms with Gasteiger partial charge in [-0.1, -0.05) is 6.92 Å². The Morgan fingerprint density at radius 1 is 1.55 bits per heavy atom. The number of nitrogens with zero attached hydrogens (tertiary/aromatic N) is 1. The van der Waals surface area contributed by atoms with E-state index in [1.54, 1.807) is 6.07 Å². The van der Waals surface area contributed by atoms with E-state index in [9.17, 15) is 4.79 Å². The first-order chi connectivity index (χ1) is 9.60. The number of nitrogens with two attached hydrogens (primary N) is 1. The summed E-state index contributed by atoms with van der Waals surface area (Å²) < 4.78 is 5.45. The Bertz CT molecular complexity index is 476. The Hall–Kier alpha value is -1.59. The number of hydrogen-bond acceptors (Lipinski definition) is 4. The molecule has 0 radical (unpaired) electrons. The number of nitrogens with one attached hydrogen (secondary N) is 1. The first-order valence-corrected chi connectivity index (χ1v) is 7.08. The first kappa shape index (κ1) is 14.8. The van der Waals surface area contributed by atoms with Gasteiger partial charge in [0.1, 0.15) is 0 Å². The summed E-state index contributed by atoms with van der Waals surface area (Å²) in [5, 5.41) is 2.95. The summed E-state index contributed by atoms with van der Waals surface area (Å²) in [5.74, 6) is 0.0122. The third-order valence-corrected chi connectivity index (χ3v) is 3.69. The van der Waals surface area contributed by atoms with Gasteiger partial charge in [0, 0.05) is 24.0 Å². The lowest BCUT2D eigenvalue weighted by molar-refractivity contribution is -0.119. The quantitative estimate of drug-likeness (QED) is 0.821. The van der Waals surface area contributed by atoms with Crippen LogP contribution in [-0.2, 0) is 9.53 Å². The van der Waals surface area contributed by atoms with E-state index in [1.807, 2.05) is 19.1 Å². The Morgan fingerprint density at radius 3 is 3.05 bits per heavy atom. The molecule has 0 aromatic heterocycles. The third-order valence-electron chi connectivity index (χ3n) is 3.69. The summed E-state index contributed by atoms with van der Waals surface area (Å²) in [7, 11) is 0. The highest BCUT2D eigenvalue weighted by Crippen LogP contribution is 2.18. The SMILES string of the molecule is CCC1COCCN1CC(=O)Nc1ccc(N)cc1C. The van der Waals surface area contributed by atoms with Crippen LogP contribution in [0.2, 0.25) is 0 Å². The number of amides is 1. The van der Waals surface area contributed by atoms with E-state index in [-0.39, 0.29) is 5.91 Å². The fourth-order valence-electron chi connectivity index (χ4n) is 2.47. The Morgan fingerprint density at radius 2 is 2.35 bits per heavy atom. The molecule has 1 aliphatic rings. The topological polar surface area (TPSA) is 67.6 Å². The summed E-state index contributed by atoms with van der Waals surface area (Å²) >= 11 is 0. The maximum absolute atomic E-state index is 12.2. The molecule has 3 N–H and O–H groups in total. The van der Waals surface area contributed by atoms with Crippen molar-refractivity contribution in [3.05, 3.63) is 23.8 Å². The molecule has 110 valence electrons. The van der Waals surface area contributed by atoms with Crippen molar-refractivity contribution < 1.29 is 9.53 Å². The summed E-state index contributed by atoms with van der Waals surface area (Å²) in [5.41, 5.74) is 8.22. The minimum atomic E-state index is 0.0122. The van der Waals surface area contributed by atoms with Crippen molar-refractivity contribution in [3.63, 3.8) is 0 Å². The van der Waals surface area contributed by atoms with Crippen molar-refractivity contribution in [2.75, 3.05) is 37.4 Å². The van der Waals surface area contributed by atoms with E-state index in [0.717, 1.165) is 24.2 Å². The van der Waals surface area contributed by atoms with Crippen molar-refractivity contribution in [2.45, 2.75) is 26.3 Å². The maximum atomic E-state index is 12.2. The molecule has 1 aromatic carbocycles. The standard InChI is InChI=1S/C15H23N3O2/c1-3-13-10-20-7-6-18(13)9-15(19)17-14-5-4-12(16)8-11(14)2/h4-5,8,13H,3,6-7,9-10,16H2,1-2H3,(H,17,19). The number of morpholine rings is 1. The number of carbonyl (C=O) groups excluding carboxylic acids is 1. The average Bonchev–Trinajstić information content (AvgIpc) is 2.42. The number of nitrogen functional groups attached to an aromatic ring is 1. The molecule has 1 atom stereocenters. The molecule has 0 bridgehead atoms.